The van der Waals surface area contributed by atoms with Crippen LogP contribution < -0.4 is 0 Å². The molecule has 0 radical (unpaired) electrons. The van der Waals surface area contributed by atoms with E-state index in [4.69, 9.17) is 0 Å². The van der Waals surface area contributed by atoms with Crippen molar-refractivity contribution < 1.29 is 20.1 Å². The first-order valence-corrected chi connectivity index (χ1v) is 5.15. The van der Waals surface area contributed by atoms with Crippen molar-refractivity contribution in [1.29, 1.82) is 0 Å². The van der Waals surface area contributed by atoms with Crippen molar-refractivity contribution in [3.63, 3.8) is 0 Å². The second-order valence-electron chi connectivity index (χ2n) is 3.90. The fourth-order valence-corrected chi connectivity index (χ4v) is 1.79. The highest BCUT2D eigenvalue weighted by Crippen LogP contribution is 2.29. The van der Waals surface area contributed by atoms with Crippen LogP contribution in [0.2, 0.25) is 0 Å². The molecule has 3 N–H and O–H groups in total. The van der Waals surface area contributed by atoms with E-state index in [1.54, 1.807) is 30.3 Å². The lowest BCUT2D eigenvalue weighted by molar-refractivity contribution is -0.145. The van der Waals surface area contributed by atoms with Crippen molar-refractivity contribution in [1.82, 2.24) is 0 Å². The van der Waals surface area contributed by atoms with Crippen LogP contribution in [0, 0.1) is 5.92 Å². The van der Waals surface area contributed by atoms with E-state index >= 15 is 0 Å². The van der Waals surface area contributed by atoms with Crippen molar-refractivity contribution in [2.24, 2.45) is 5.92 Å². The Kier molecular flexibility index (Phi) is 2.83. The monoisotopic (exact) mass is 232 g/mol. The average molecular weight is 232 g/mol. The van der Waals surface area contributed by atoms with E-state index in [1.807, 2.05) is 0 Å². The van der Waals surface area contributed by atoms with Gasteiger partial charge in [0.15, 0.2) is 5.78 Å². The largest absolute Gasteiger partial charge is 0.511 e. The summed E-state index contributed by atoms with van der Waals surface area (Å²) in [6.07, 6.45) is 3.64. The fourth-order valence-electron chi connectivity index (χ4n) is 1.79. The first-order chi connectivity index (χ1) is 8.02. The third kappa shape index (κ3) is 2.13. The Bertz CT molecular complexity index is 485. The molecule has 1 atom stereocenters. The lowest BCUT2D eigenvalue weighted by Gasteiger charge is -2.29. The average Bonchev–Trinajstić information content (AvgIpc) is 2.28. The van der Waals surface area contributed by atoms with Crippen molar-refractivity contribution in [2.45, 2.75) is 5.79 Å². The molecule has 0 saturated heterocycles. The Morgan fingerprint density at radius 2 is 1.82 bits per heavy atom. The van der Waals surface area contributed by atoms with E-state index in [-0.39, 0.29) is 5.76 Å². The minimum atomic E-state index is -2.36. The zero-order chi connectivity index (χ0) is 12.5. The number of Topliss-reactive ketones (excluding diaryl/α,β-unsaturated/α-hetero) is 1. The van der Waals surface area contributed by atoms with Gasteiger partial charge in [-0.2, -0.15) is 0 Å². The van der Waals surface area contributed by atoms with Crippen LogP contribution >= 0.6 is 0 Å². The van der Waals surface area contributed by atoms with Crippen LogP contribution in [0.15, 0.2) is 54.3 Å². The maximum absolute atomic E-state index is 12.1. The van der Waals surface area contributed by atoms with Gasteiger partial charge in [-0.15, -0.1) is 0 Å². The third-order valence-electron chi connectivity index (χ3n) is 2.65. The molecule has 0 heterocycles. The summed E-state index contributed by atoms with van der Waals surface area (Å²) < 4.78 is 0. The van der Waals surface area contributed by atoms with E-state index in [2.05, 4.69) is 0 Å². The molecule has 88 valence electrons. The molecule has 2 rings (SSSR count). The Labute approximate surface area is 98.1 Å². The molecule has 0 amide bonds. The van der Waals surface area contributed by atoms with Gasteiger partial charge < -0.3 is 15.3 Å². The highest BCUT2D eigenvalue weighted by atomic mass is 16.5. The van der Waals surface area contributed by atoms with Crippen LogP contribution in [-0.4, -0.2) is 26.9 Å². The van der Waals surface area contributed by atoms with Crippen LogP contribution in [0.4, 0.5) is 0 Å². The van der Waals surface area contributed by atoms with Gasteiger partial charge in [-0.3, -0.25) is 4.79 Å². The normalized spacial score (nSPS) is 22.0. The van der Waals surface area contributed by atoms with Crippen LogP contribution in [0.5, 0.6) is 0 Å². The Morgan fingerprint density at radius 3 is 2.41 bits per heavy atom. The van der Waals surface area contributed by atoms with Gasteiger partial charge in [-0.05, 0) is 12.2 Å². The molecule has 1 aliphatic carbocycles. The first kappa shape index (κ1) is 11.6. The van der Waals surface area contributed by atoms with Crippen LogP contribution in [0.3, 0.4) is 0 Å². The summed E-state index contributed by atoms with van der Waals surface area (Å²) in [5.41, 5.74) is 0.320. The fraction of sp³-hybridized carbons (Fsp3) is 0.154. The maximum Gasteiger partial charge on any atom is 0.200 e. The third-order valence-corrected chi connectivity index (χ3v) is 2.65. The number of carbonyl (C=O) groups is 1. The van der Waals surface area contributed by atoms with Crippen molar-refractivity contribution >= 4 is 5.78 Å². The number of hydrogen-bond acceptors (Lipinski definition) is 4. The molecule has 1 aromatic rings. The molecular weight excluding hydrogens is 220 g/mol. The Hall–Kier alpha value is -1.91. The molecule has 17 heavy (non-hydrogen) atoms. The number of aliphatic hydroxyl groups is 3. The van der Waals surface area contributed by atoms with Crippen molar-refractivity contribution in [3.05, 3.63) is 59.9 Å². The van der Waals surface area contributed by atoms with Gasteiger partial charge in [0.25, 0.3) is 0 Å². The number of rotatable bonds is 2. The quantitative estimate of drug-likeness (QED) is 0.528. The number of hydrogen-bond donors (Lipinski definition) is 3. The summed E-state index contributed by atoms with van der Waals surface area (Å²) in [4.78, 5) is 12.1. The minimum Gasteiger partial charge on any atom is -0.511 e. The summed E-state index contributed by atoms with van der Waals surface area (Å²) in [6.45, 7) is 0. The molecule has 0 fully saturated rings. The molecule has 1 unspecified atom stereocenters. The summed E-state index contributed by atoms with van der Waals surface area (Å²) >= 11 is 0. The summed E-state index contributed by atoms with van der Waals surface area (Å²) in [5.74, 6) is -4.62. The molecule has 0 bridgehead atoms. The van der Waals surface area contributed by atoms with E-state index in [1.165, 1.54) is 12.2 Å². The van der Waals surface area contributed by atoms with Gasteiger partial charge >= 0.3 is 0 Å². The molecule has 0 aliphatic heterocycles. The van der Waals surface area contributed by atoms with E-state index in [0.717, 1.165) is 6.08 Å². The number of ketones is 1. The van der Waals surface area contributed by atoms with Crippen molar-refractivity contribution in [3.8, 4) is 0 Å². The van der Waals surface area contributed by atoms with Gasteiger partial charge in [0.2, 0.25) is 5.79 Å². The van der Waals surface area contributed by atoms with Crippen molar-refractivity contribution in [2.75, 3.05) is 0 Å². The number of benzene rings is 1. The van der Waals surface area contributed by atoms with Gasteiger partial charge in [-0.25, -0.2) is 0 Å². The van der Waals surface area contributed by atoms with E-state index in [9.17, 15) is 20.1 Å². The molecule has 1 aromatic carbocycles. The molecular formula is C13H12O4. The minimum absolute atomic E-state index is 0.320. The molecule has 1 aliphatic rings. The van der Waals surface area contributed by atoms with E-state index in [0.29, 0.717) is 5.56 Å². The molecule has 0 aromatic heterocycles. The van der Waals surface area contributed by atoms with Gasteiger partial charge in [0.05, 0.1) is 0 Å². The summed E-state index contributed by atoms with van der Waals surface area (Å²) in [6, 6.07) is 8.21. The lowest BCUT2D eigenvalue weighted by Crippen LogP contribution is -2.43. The summed E-state index contributed by atoms with van der Waals surface area (Å²) in [7, 11) is 0. The van der Waals surface area contributed by atoms with Gasteiger partial charge in [0, 0.05) is 5.56 Å². The standard InChI is InChI=1S/C13H12O4/c14-10-7-4-8-13(16,17)11(10)12(15)9-5-2-1-3-6-9/h1-8,11,14,16-17H. The lowest BCUT2D eigenvalue weighted by atomic mass is 9.85. The van der Waals surface area contributed by atoms with Gasteiger partial charge in [-0.1, -0.05) is 36.4 Å². The SMILES string of the molecule is O=C(c1ccccc1)C1C(O)=CC=CC1(O)O. The number of allylic oxidation sites excluding steroid dienone is 2. The zero-order valence-electron chi connectivity index (χ0n) is 8.95. The summed E-state index contributed by atoms with van der Waals surface area (Å²) in [5, 5.41) is 29.0. The van der Waals surface area contributed by atoms with Crippen LogP contribution in [-0.2, 0) is 0 Å². The Morgan fingerprint density at radius 1 is 1.18 bits per heavy atom. The van der Waals surface area contributed by atoms with Gasteiger partial charge in [0.1, 0.15) is 11.7 Å². The second kappa shape index (κ2) is 4.16. The molecule has 0 spiro atoms. The predicted octanol–water partition coefficient (Wildman–Crippen LogP) is 1.18. The maximum atomic E-state index is 12.1. The van der Waals surface area contributed by atoms with Crippen LogP contribution in [0.1, 0.15) is 10.4 Å². The smallest absolute Gasteiger partial charge is 0.200 e. The van der Waals surface area contributed by atoms with E-state index < -0.39 is 17.5 Å². The van der Waals surface area contributed by atoms with Crippen LogP contribution in [0.25, 0.3) is 0 Å². The highest BCUT2D eigenvalue weighted by molar-refractivity contribution is 6.00. The molecule has 4 nitrogen and oxygen atoms in total. The topological polar surface area (TPSA) is 77.8 Å². The first-order valence-electron chi connectivity index (χ1n) is 5.15. The molecule has 0 saturated carbocycles. The predicted molar refractivity (Wildman–Crippen MR) is 61.3 cm³/mol. The Balaban J connectivity index is 2.37. The zero-order valence-corrected chi connectivity index (χ0v) is 8.95. The number of carbonyl (C=O) groups excluding carboxylic acids is 1. The number of aliphatic hydroxyl groups excluding tert-OH is 1. The molecule has 4 heteroatoms. The second-order valence-corrected chi connectivity index (χ2v) is 3.90. The highest BCUT2D eigenvalue weighted by Gasteiger charge is 2.42.